The van der Waals surface area contributed by atoms with E-state index in [9.17, 15) is 5.11 Å². The van der Waals surface area contributed by atoms with Crippen molar-refractivity contribution in [1.29, 1.82) is 0 Å². The van der Waals surface area contributed by atoms with E-state index in [1.807, 2.05) is 11.8 Å². The minimum atomic E-state index is -0.600. The zero-order chi connectivity index (χ0) is 16.8. The Morgan fingerprint density at radius 1 is 1.32 bits per heavy atom. The fourth-order valence-corrected chi connectivity index (χ4v) is 5.42. The van der Waals surface area contributed by atoms with Gasteiger partial charge in [-0.05, 0) is 44.3 Å². The highest BCUT2D eigenvalue weighted by Crippen LogP contribution is 2.28. The number of thioether (sulfide) groups is 1. The first-order valence-corrected chi connectivity index (χ1v) is 10.9. The van der Waals surface area contributed by atoms with Gasteiger partial charge >= 0.3 is 0 Å². The molecule has 2 unspecified atom stereocenters. The molecule has 0 aromatic rings. The van der Waals surface area contributed by atoms with E-state index in [1.54, 1.807) is 0 Å². The summed E-state index contributed by atoms with van der Waals surface area (Å²) >= 11 is 1.83. The fourth-order valence-electron chi connectivity index (χ4n) is 4.14. The molecule has 146 valence electrons. The van der Waals surface area contributed by atoms with E-state index < -0.39 is 5.60 Å². The Bertz CT molecular complexity index is 425. The fraction of sp³-hybridized carbons (Fsp3) is 0.944. The van der Waals surface area contributed by atoms with Crippen LogP contribution in [0.15, 0.2) is 4.99 Å². The van der Waals surface area contributed by atoms with Gasteiger partial charge in [0.05, 0.1) is 12.1 Å². The molecule has 2 atom stereocenters. The second kappa shape index (κ2) is 10.6. The third-order valence-corrected chi connectivity index (χ3v) is 6.80. The van der Waals surface area contributed by atoms with Gasteiger partial charge in [-0.25, -0.2) is 0 Å². The molecule has 0 aromatic carbocycles. The second-order valence-corrected chi connectivity index (χ2v) is 8.87. The van der Waals surface area contributed by atoms with Crippen molar-refractivity contribution in [2.24, 2.45) is 10.9 Å². The standard InChI is InChI=1S/C18H34N4OS.HI/c1-2-19-17(20-13-18(23)8-10-24-14-18)21-16-7-9-22(12-16)11-15-5-3-4-6-15;/h15-16,23H,2-14H2,1H3,(H2,19,20,21);1H. The minimum absolute atomic E-state index is 0. The lowest BCUT2D eigenvalue weighted by Crippen LogP contribution is -2.46. The number of likely N-dealkylation sites (tertiary alicyclic amines) is 1. The summed E-state index contributed by atoms with van der Waals surface area (Å²) in [6.45, 7) is 7.07. The first-order valence-electron chi connectivity index (χ1n) is 9.74. The maximum Gasteiger partial charge on any atom is 0.191 e. The number of hydrogen-bond donors (Lipinski definition) is 3. The number of nitrogens with zero attached hydrogens (tertiary/aromatic N) is 2. The third-order valence-electron chi connectivity index (χ3n) is 5.56. The highest BCUT2D eigenvalue weighted by atomic mass is 127. The Kier molecular flexibility index (Phi) is 9.11. The van der Waals surface area contributed by atoms with Gasteiger partial charge in [0.15, 0.2) is 5.96 Å². The van der Waals surface area contributed by atoms with Gasteiger partial charge < -0.3 is 20.6 Å². The van der Waals surface area contributed by atoms with Crippen molar-refractivity contribution < 1.29 is 5.11 Å². The number of nitrogens with one attached hydrogen (secondary N) is 2. The van der Waals surface area contributed by atoms with Crippen molar-refractivity contribution >= 4 is 41.7 Å². The number of rotatable bonds is 6. The van der Waals surface area contributed by atoms with Crippen molar-refractivity contribution in [3.05, 3.63) is 0 Å². The van der Waals surface area contributed by atoms with Crippen LogP contribution in [0.5, 0.6) is 0 Å². The monoisotopic (exact) mass is 482 g/mol. The van der Waals surface area contributed by atoms with Gasteiger partial charge in [0, 0.05) is 38.0 Å². The van der Waals surface area contributed by atoms with Crippen LogP contribution in [0.1, 0.15) is 45.4 Å². The average Bonchev–Trinajstić information content (AvgIpc) is 3.30. The molecule has 2 heterocycles. The lowest BCUT2D eigenvalue weighted by Gasteiger charge is -2.22. The molecule has 3 rings (SSSR count). The summed E-state index contributed by atoms with van der Waals surface area (Å²) in [6.07, 6.45) is 7.76. The SMILES string of the molecule is CCNC(=NCC1(O)CCSC1)NC1CCN(CC2CCCC2)C1.I. The number of aliphatic imine (C=N–C) groups is 1. The van der Waals surface area contributed by atoms with Crippen LogP contribution >= 0.6 is 35.7 Å². The summed E-state index contributed by atoms with van der Waals surface area (Å²) in [5.74, 6) is 3.67. The van der Waals surface area contributed by atoms with Crippen molar-refractivity contribution in [3.8, 4) is 0 Å². The maximum atomic E-state index is 10.5. The van der Waals surface area contributed by atoms with Crippen LogP contribution in [0.4, 0.5) is 0 Å². The molecular formula is C18H35IN4OS. The number of guanidine groups is 1. The van der Waals surface area contributed by atoms with Gasteiger partial charge in [-0.2, -0.15) is 11.8 Å². The first kappa shape index (κ1) is 21.6. The van der Waals surface area contributed by atoms with E-state index in [2.05, 4.69) is 27.4 Å². The Morgan fingerprint density at radius 2 is 2.12 bits per heavy atom. The normalized spacial score (nSPS) is 31.3. The Balaban J connectivity index is 0.00000225. The topological polar surface area (TPSA) is 59.9 Å². The molecular weight excluding hydrogens is 447 g/mol. The molecule has 2 aliphatic heterocycles. The molecule has 2 saturated heterocycles. The van der Waals surface area contributed by atoms with Crippen LogP contribution in [0.2, 0.25) is 0 Å². The van der Waals surface area contributed by atoms with Crippen molar-refractivity contribution in [2.75, 3.05) is 44.2 Å². The summed E-state index contributed by atoms with van der Waals surface area (Å²) in [5, 5.41) is 17.4. The molecule has 0 bridgehead atoms. The summed E-state index contributed by atoms with van der Waals surface area (Å²) < 4.78 is 0. The number of aliphatic hydroxyl groups is 1. The zero-order valence-corrected chi connectivity index (χ0v) is 18.7. The van der Waals surface area contributed by atoms with E-state index in [0.717, 1.165) is 42.9 Å². The maximum absolute atomic E-state index is 10.5. The van der Waals surface area contributed by atoms with Gasteiger partial charge in [-0.15, -0.1) is 24.0 Å². The largest absolute Gasteiger partial charge is 0.387 e. The van der Waals surface area contributed by atoms with Crippen LogP contribution < -0.4 is 10.6 Å². The molecule has 0 aromatic heterocycles. The van der Waals surface area contributed by atoms with Crippen LogP contribution in [-0.4, -0.2) is 71.8 Å². The molecule has 0 radical (unpaired) electrons. The predicted octanol–water partition coefficient (Wildman–Crippen LogP) is 2.29. The Labute approximate surface area is 174 Å². The van der Waals surface area contributed by atoms with Gasteiger partial charge in [-0.3, -0.25) is 4.99 Å². The smallest absolute Gasteiger partial charge is 0.191 e. The van der Waals surface area contributed by atoms with E-state index in [0.29, 0.717) is 12.6 Å². The van der Waals surface area contributed by atoms with Gasteiger partial charge in [0.2, 0.25) is 0 Å². The molecule has 0 spiro atoms. The Hall–Kier alpha value is 0.270. The van der Waals surface area contributed by atoms with Crippen molar-refractivity contribution in [3.63, 3.8) is 0 Å². The van der Waals surface area contributed by atoms with Crippen LogP contribution in [-0.2, 0) is 0 Å². The lowest BCUT2D eigenvalue weighted by molar-refractivity contribution is 0.0778. The summed E-state index contributed by atoms with van der Waals surface area (Å²) in [7, 11) is 0. The molecule has 3 aliphatic rings. The van der Waals surface area contributed by atoms with Crippen molar-refractivity contribution in [2.45, 2.75) is 57.1 Å². The number of hydrogen-bond acceptors (Lipinski definition) is 4. The Morgan fingerprint density at radius 3 is 2.80 bits per heavy atom. The summed E-state index contributed by atoms with van der Waals surface area (Å²) in [6, 6.07) is 0.483. The molecule has 25 heavy (non-hydrogen) atoms. The summed E-state index contributed by atoms with van der Waals surface area (Å²) in [4.78, 5) is 7.29. The average molecular weight is 482 g/mol. The second-order valence-electron chi connectivity index (χ2n) is 7.76. The number of halogens is 1. The minimum Gasteiger partial charge on any atom is -0.387 e. The van der Waals surface area contributed by atoms with Gasteiger partial charge in [-0.1, -0.05) is 12.8 Å². The third kappa shape index (κ3) is 6.74. The quantitative estimate of drug-likeness (QED) is 0.308. The van der Waals surface area contributed by atoms with Gasteiger partial charge in [0.1, 0.15) is 0 Å². The predicted molar refractivity (Wildman–Crippen MR) is 118 cm³/mol. The molecule has 7 heteroatoms. The molecule has 3 N–H and O–H groups in total. The van der Waals surface area contributed by atoms with Crippen LogP contribution in [0, 0.1) is 5.92 Å². The molecule has 5 nitrogen and oxygen atoms in total. The highest BCUT2D eigenvalue weighted by Gasteiger charge is 2.32. The van der Waals surface area contributed by atoms with Crippen molar-refractivity contribution in [1.82, 2.24) is 15.5 Å². The van der Waals surface area contributed by atoms with Crippen LogP contribution in [0.3, 0.4) is 0 Å². The lowest BCUT2D eigenvalue weighted by atomic mass is 10.1. The van der Waals surface area contributed by atoms with Gasteiger partial charge in [0.25, 0.3) is 0 Å². The zero-order valence-electron chi connectivity index (χ0n) is 15.5. The molecule has 3 fully saturated rings. The van der Waals surface area contributed by atoms with E-state index in [4.69, 9.17) is 0 Å². The van der Waals surface area contributed by atoms with E-state index in [1.165, 1.54) is 45.2 Å². The molecule has 1 aliphatic carbocycles. The molecule has 1 saturated carbocycles. The van der Waals surface area contributed by atoms with E-state index >= 15 is 0 Å². The van der Waals surface area contributed by atoms with Crippen LogP contribution in [0.25, 0.3) is 0 Å². The highest BCUT2D eigenvalue weighted by molar-refractivity contribution is 14.0. The van der Waals surface area contributed by atoms with E-state index in [-0.39, 0.29) is 24.0 Å². The summed E-state index contributed by atoms with van der Waals surface area (Å²) in [5.41, 5.74) is -0.600. The first-order chi connectivity index (χ1) is 11.7. The molecule has 0 amide bonds.